The highest BCUT2D eigenvalue weighted by molar-refractivity contribution is 6.31. The highest BCUT2D eigenvalue weighted by Crippen LogP contribution is 2.35. The topological polar surface area (TPSA) is 93.8 Å². The molecule has 3 aromatic rings. The number of carbonyl (C=O) groups is 1. The van der Waals surface area contributed by atoms with Gasteiger partial charge in [-0.1, -0.05) is 11.6 Å². The first-order valence-electron chi connectivity index (χ1n) is 9.43. The van der Waals surface area contributed by atoms with Gasteiger partial charge < -0.3 is 9.73 Å². The number of nitrogens with zero attached hydrogens (tertiary/aromatic N) is 4. The van der Waals surface area contributed by atoms with Crippen LogP contribution in [0.1, 0.15) is 47.8 Å². The van der Waals surface area contributed by atoms with Gasteiger partial charge in [0.15, 0.2) is 0 Å². The van der Waals surface area contributed by atoms with E-state index >= 15 is 0 Å². The van der Waals surface area contributed by atoms with E-state index in [1.165, 1.54) is 18.2 Å². The Kier molecular flexibility index (Phi) is 5.80. The molecule has 1 fully saturated rings. The van der Waals surface area contributed by atoms with Crippen molar-refractivity contribution in [3.05, 3.63) is 59.1 Å². The lowest BCUT2D eigenvalue weighted by atomic mass is 9.82. The Hall–Kier alpha value is -2.87. The average Bonchev–Trinajstić information content (AvgIpc) is 3.25. The van der Waals surface area contributed by atoms with E-state index in [0.717, 1.165) is 25.7 Å². The quantitative estimate of drug-likeness (QED) is 0.676. The number of hydrogen-bond donors (Lipinski definition) is 1. The minimum absolute atomic E-state index is 0.0569. The van der Waals surface area contributed by atoms with Crippen molar-refractivity contribution in [3.63, 3.8) is 0 Å². The van der Waals surface area contributed by atoms with Gasteiger partial charge in [-0.15, -0.1) is 10.2 Å². The number of aromatic nitrogens is 4. The van der Waals surface area contributed by atoms with E-state index < -0.39 is 5.82 Å². The van der Waals surface area contributed by atoms with Crippen LogP contribution in [-0.4, -0.2) is 32.6 Å². The zero-order valence-electron chi connectivity index (χ0n) is 15.5. The molecule has 1 aromatic carbocycles. The molecule has 1 N–H and O–H groups in total. The van der Waals surface area contributed by atoms with Gasteiger partial charge in [0.25, 0.3) is 11.8 Å². The van der Waals surface area contributed by atoms with Gasteiger partial charge in [0.05, 0.1) is 11.2 Å². The van der Waals surface area contributed by atoms with Crippen LogP contribution in [0.2, 0.25) is 5.02 Å². The summed E-state index contributed by atoms with van der Waals surface area (Å²) in [5, 5.41) is 11.1. The van der Waals surface area contributed by atoms with E-state index in [1.807, 2.05) is 0 Å². The van der Waals surface area contributed by atoms with Crippen LogP contribution in [0.5, 0.6) is 0 Å². The van der Waals surface area contributed by atoms with Crippen molar-refractivity contribution >= 4 is 17.5 Å². The largest absolute Gasteiger partial charge is 0.419 e. The first-order chi connectivity index (χ1) is 14.1. The van der Waals surface area contributed by atoms with Crippen LogP contribution in [0.25, 0.3) is 11.6 Å². The smallest absolute Gasteiger partial charge is 0.267 e. The minimum atomic E-state index is -0.537. The van der Waals surface area contributed by atoms with Crippen molar-refractivity contribution in [2.24, 2.45) is 5.92 Å². The van der Waals surface area contributed by atoms with Gasteiger partial charge in [0.1, 0.15) is 11.5 Å². The normalized spacial score (nSPS) is 19.1. The van der Waals surface area contributed by atoms with Crippen molar-refractivity contribution in [1.82, 2.24) is 25.5 Å². The lowest BCUT2D eigenvalue weighted by molar-refractivity contribution is 0.0942. The van der Waals surface area contributed by atoms with Gasteiger partial charge in [0.2, 0.25) is 5.89 Å². The Morgan fingerprint density at radius 1 is 1.21 bits per heavy atom. The molecule has 0 spiro atoms. The number of hydrogen-bond acceptors (Lipinski definition) is 6. The molecule has 0 radical (unpaired) electrons. The molecule has 4 rings (SSSR count). The summed E-state index contributed by atoms with van der Waals surface area (Å²) in [4.78, 5) is 20.4. The highest BCUT2D eigenvalue weighted by Gasteiger charge is 2.27. The van der Waals surface area contributed by atoms with Gasteiger partial charge in [-0.05, 0) is 49.8 Å². The fourth-order valence-corrected chi connectivity index (χ4v) is 3.68. The molecule has 1 aliphatic carbocycles. The number of halogens is 2. The average molecular weight is 416 g/mol. The molecule has 1 amide bonds. The van der Waals surface area contributed by atoms with E-state index in [0.29, 0.717) is 35.5 Å². The van der Waals surface area contributed by atoms with E-state index in [1.54, 1.807) is 18.6 Å². The summed E-state index contributed by atoms with van der Waals surface area (Å²) in [5.74, 6) is 0.781. The Morgan fingerprint density at radius 2 is 2.03 bits per heavy atom. The zero-order chi connectivity index (χ0) is 20.2. The second kappa shape index (κ2) is 8.65. The van der Waals surface area contributed by atoms with Gasteiger partial charge in [-0.25, -0.2) is 9.37 Å². The molecule has 2 heterocycles. The summed E-state index contributed by atoms with van der Waals surface area (Å²) >= 11 is 5.74. The predicted molar refractivity (Wildman–Crippen MR) is 104 cm³/mol. The molecule has 0 unspecified atom stereocenters. The number of nitrogens with one attached hydrogen (secondary N) is 1. The van der Waals surface area contributed by atoms with E-state index in [2.05, 4.69) is 25.5 Å². The molecule has 0 bridgehead atoms. The van der Waals surface area contributed by atoms with Crippen LogP contribution in [0.4, 0.5) is 4.39 Å². The molecule has 0 saturated heterocycles. The third-order valence-electron chi connectivity index (χ3n) is 5.15. The molecule has 1 saturated carbocycles. The third kappa shape index (κ3) is 4.59. The first kappa shape index (κ1) is 19.4. The summed E-state index contributed by atoms with van der Waals surface area (Å²) in [6, 6.07) is 3.97. The zero-order valence-corrected chi connectivity index (χ0v) is 16.3. The van der Waals surface area contributed by atoms with Crippen LogP contribution in [0.15, 0.2) is 41.2 Å². The maximum atomic E-state index is 13.2. The molecule has 2 aromatic heterocycles. The van der Waals surface area contributed by atoms with Crippen LogP contribution >= 0.6 is 11.6 Å². The number of benzene rings is 1. The van der Waals surface area contributed by atoms with Crippen LogP contribution in [0, 0.1) is 11.7 Å². The molecule has 9 heteroatoms. The summed E-state index contributed by atoms with van der Waals surface area (Å²) in [6.45, 7) is 0.565. The van der Waals surface area contributed by atoms with Crippen LogP contribution in [0.3, 0.4) is 0 Å². The molecular formula is C20H19ClFN5O2. The Balaban J connectivity index is 1.28. The molecule has 0 atom stereocenters. The van der Waals surface area contributed by atoms with Gasteiger partial charge >= 0.3 is 0 Å². The molecule has 7 nitrogen and oxygen atoms in total. The minimum Gasteiger partial charge on any atom is -0.419 e. The van der Waals surface area contributed by atoms with Crippen molar-refractivity contribution in [2.45, 2.75) is 31.6 Å². The Labute approximate surface area is 171 Å². The third-order valence-corrected chi connectivity index (χ3v) is 5.44. The van der Waals surface area contributed by atoms with E-state index in [-0.39, 0.29) is 16.8 Å². The van der Waals surface area contributed by atoms with Gasteiger partial charge in [-0.3, -0.25) is 9.78 Å². The fourth-order valence-electron chi connectivity index (χ4n) is 3.50. The van der Waals surface area contributed by atoms with Crippen molar-refractivity contribution < 1.29 is 13.6 Å². The first-order valence-corrected chi connectivity index (χ1v) is 9.81. The summed E-state index contributed by atoms with van der Waals surface area (Å²) in [6.07, 6.45) is 8.46. The van der Waals surface area contributed by atoms with Crippen molar-refractivity contribution in [3.8, 4) is 11.6 Å². The molecule has 0 aliphatic heterocycles. The van der Waals surface area contributed by atoms with E-state index in [9.17, 15) is 9.18 Å². The lowest BCUT2D eigenvalue weighted by Crippen LogP contribution is -2.31. The molecule has 1 aliphatic rings. The Morgan fingerprint density at radius 3 is 2.76 bits per heavy atom. The van der Waals surface area contributed by atoms with Crippen LogP contribution < -0.4 is 5.32 Å². The summed E-state index contributed by atoms with van der Waals surface area (Å²) in [5.41, 5.74) is 0.913. The van der Waals surface area contributed by atoms with Gasteiger partial charge in [-0.2, -0.15) is 0 Å². The number of rotatable bonds is 5. The maximum Gasteiger partial charge on any atom is 0.267 e. The van der Waals surface area contributed by atoms with Crippen molar-refractivity contribution in [1.29, 1.82) is 0 Å². The SMILES string of the molecule is O=C(NCC1CCC(c2nnc(-c3cnccn3)o2)CC1)c1ccc(F)c(Cl)c1. The lowest BCUT2D eigenvalue weighted by Gasteiger charge is -2.26. The summed E-state index contributed by atoms with van der Waals surface area (Å²) < 4.78 is 19.0. The van der Waals surface area contributed by atoms with E-state index in [4.69, 9.17) is 16.0 Å². The molecular weight excluding hydrogens is 397 g/mol. The van der Waals surface area contributed by atoms with Crippen molar-refractivity contribution in [2.75, 3.05) is 6.54 Å². The number of amides is 1. The molecule has 29 heavy (non-hydrogen) atoms. The maximum absolute atomic E-state index is 13.2. The summed E-state index contributed by atoms with van der Waals surface area (Å²) in [7, 11) is 0. The number of carbonyl (C=O) groups excluding carboxylic acids is 1. The van der Waals surface area contributed by atoms with Gasteiger partial charge in [0, 0.05) is 30.4 Å². The monoisotopic (exact) mass is 415 g/mol. The van der Waals surface area contributed by atoms with Crippen LogP contribution in [-0.2, 0) is 0 Å². The second-order valence-corrected chi connectivity index (χ2v) is 7.50. The standard InChI is InChI=1S/C20H19ClFN5O2/c21-15-9-14(5-6-16(15)22)18(28)25-10-12-1-3-13(4-2-12)19-26-27-20(29-19)17-11-23-7-8-24-17/h5-9,11-13H,1-4,10H2,(H,25,28). The molecule has 150 valence electrons. The second-order valence-electron chi connectivity index (χ2n) is 7.09. The predicted octanol–water partition coefficient (Wildman–Crippen LogP) is 4.02. The highest BCUT2D eigenvalue weighted by atomic mass is 35.5. The Bertz CT molecular complexity index is 990. The fraction of sp³-hybridized carbons (Fsp3) is 0.350.